The molecule has 0 fully saturated rings. The van der Waals surface area contributed by atoms with E-state index in [1.54, 1.807) is 0 Å². The Bertz CT molecular complexity index is 394. The van der Waals surface area contributed by atoms with Crippen LogP contribution >= 0.6 is 0 Å². The first kappa shape index (κ1) is 11.4. The summed E-state index contributed by atoms with van der Waals surface area (Å²) >= 11 is 0. The molecule has 0 spiro atoms. The van der Waals surface area contributed by atoms with Gasteiger partial charge in [-0.05, 0) is 6.07 Å². The number of nitro benzene ring substituents is 1. The molecule has 5 nitrogen and oxygen atoms in total. The third-order valence-electron chi connectivity index (χ3n) is 2.09. The third-order valence-corrected chi connectivity index (χ3v) is 2.09. The zero-order chi connectivity index (χ0) is 11.6. The largest absolute Gasteiger partial charge is 0.502 e. The van der Waals surface area contributed by atoms with E-state index in [0.717, 1.165) is 6.07 Å². The molecule has 0 aliphatic heterocycles. The summed E-state index contributed by atoms with van der Waals surface area (Å²) in [6, 6.07) is 1.62. The van der Waals surface area contributed by atoms with E-state index >= 15 is 0 Å². The molecule has 6 heteroatoms. The van der Waals surface area contributed by atoms with Gasteiger partial charge in [0.05, 0.1) is 11.0 Å². The fourth-order valence-electron chi connectivity index (χ4n) is 1.22. The van der Waals surface area contributed by atoms with Crippen molar-refractivity contribution in [1.29, 1.82) is 0 Å². The lowest BCUT2D eigenvalue weighted by molar-refractivity contribution is -0.386. The van der Waals surface area contributed by atoms with Crippen LogP contribution in [0.25, 0.3) is 0 Å². The van der Waals surface area contributed by atoms with Crippen LogP contribution in [0.15, 0.2) is 12.1 Å². The molecular weight excluding hydrogens is 205 g/mol. The summed E-state index contributed by atoms with van der Waals surface area (Å²) in [6.07, 6.45) is 0. The van der Waals surface area contributed by atoms with Gasteiger partial charge in [0.1, 0.15) is 5.82 Å². The first-order valence-electron chi connectivity index (χ1n) is 4.25. The number of nitro groups is 1. The number of phenols is 1. The average molecular weight is 215 g/mol. The van der Waals surface area contributed by atoms with Gasteiger partial charge in [-0.1, -0.05) is 6.92 Å². The molecule has 0 radical (unpaired) electrons. The van der Waals surface area contributed by atoms with Crippen molar-refractivity contribution in [3.8, 4) is 5.75 Å². The summed E-state index contributed by atoms with van der Waals surface area (Å²) < 4.78 is 13.0. The lowest BCUT2D eigenvalue weighted by Crippen LogP contribution is -2.02. The Kier molecular flexibility index (Phi) is 3.21. The van der Waals surface area contributed by atoms with E-state index in [2.05, 4.69) is 0 Å². The highest BCUT2D eigenvalue weighted by Crippen LogP contribution is 2.34. The number of benzene rings is 1. The minimum absolute atomic E-state index is 0.0317. The van der Waals surface area contributed by atoms with Gasteiger partial charge in [0.25, 0.3) is 0 Å². The Hall–Kier alpha value is -1.69. The fourth-order valence-corrected chi connectivity index (χ4v) is 1.22. The van der Waals surface area contributed by atoms with Crippen molar-refractivity contribution in [2.75, 3.05) is 6.61 Å². The number of aliphatic hydroxyl groups excluding tert-OH is 1. The van der Waals surface area contributed by atoms with Crippen LogP contribution in [0.4, 0.5) is 10.1 Å². The first-order chi connectivity index (χ1) is 6.97. The second-order valence-electron chi connectivity index (χ2n) is 3.20. The van der Waals surface area contributed by atoms with Crippen molar-refractivity contribution >= 4 is 5.69 Å². The topological polar surface area (TPSA) is 83.6 Å². The van der Waals surface area contributed by atoms with E-state index in [-0.39, 0.29) is 12.2 Å². The van der Waals surface area contributed by atoms with Crippen molar-refractivity contribution in [1.82, 2.24) is 0 Å². The van der Waals surface area contributed by atoms with E-state index < -0.39 is 28.1 Å². The Morgan fingerprint density at radius 3 is 2.67 bits per heavy atom. The molecule has 0 aromatic heterocycles. The third kappa shape index (κ3) is 2.21. The predicted molar refractivity (Wildman–Crippen MR) is 50.2 cm³/mol. The molecule has 0 saturated heterocycles. The van der Waals surface area contributed by atoms with Crippen LogP contribution in [0, 0.1) is 15.9 Å². The molecule has 1 aromatic carbocycles. The van der Waals surface area contributed by atoms with E-state index in [0.29, 0.717) is 6.07 Å². The van der Waals surface area contributed by atoms with E-state index in [1.165, 1.54) is 6.92 Å². The Labute approximate surface area is 84.9 Å². The normalized spacial score (nSPS) is 12.5. The van der Waals surface area contributed by atoms with Crippen LogP contribution in [0.1, 0.15) is 18.4 Å². The SMILES string of the molecule is CC(CO)c1cc(F)cc([N+](=O)[O-])c1O. The minimum atomic E-state index is -0.869. The van der Waals surface area contributed by atoms with Gasteiger partial charge in [0, 0.05) is 18.1 Å². The lowest BCUT2D eigenvalue weighted by Gasteiger charge is -2.10. The Balaban J connectivity index is 3.34. The standard InChI is InChI=1S/C9H10FNO4/c1-5(4-12)7-2-6(10)3-8(9(7)13)11(14)15/h2-3,5,12-13H,4H2,1H3. The van der Waals surface area contributed by atoms with Crippen LogP contribution < -0.4 is 0 Å². The maximum Gasteiger partial charge on any atom is 0.313 e. The van der Waals surface area contributed by atoms with E-state index in [1.807, 2.05) is 0 Å². The molecule has 1 unspecified atom stereocenters. The van der Waals surface area contributed by atoms with Gasteiger partial charge >= 0.3 is 5.69 Å². The maximum absolute atomic E-state index is 13.0. The Morgan fingerprint density at radius 1 is 1.60 bits per heavy atom. The quantitative estimate of drug-likeness (QED) is 0.591. The first-order valence-corrected chi connectivity index (χ1v) is 4.25. The number of hydrogen-bond donors (Lipinski definition) is 2. The predicted octanol–water partition coefficient (Wildman–Crippen LogP) is 1.54. The molecular formula is C9H10FNO4. The minimum Gasteiger partial charge on any atom is -0.502 e. The van der Waals surface area contributed by atoms with Crippen LogP contribution in [-0.2, 0) is 0 Å². The number of aliphatic hydroxyl groups is 1. The number of nitrogens with zero attached hydrogens (tertiary/aromatic N) is 1. The second kappa shape index (κ2) is 4.22. The van der Waals surface area contributed by atoms with Gasteiger partial charge in [-0.3, -0.25) is 10.1 Å². The lowest BCUT2D eigenvalue weighted by atomic mass is 10.00. The molecule has 0 aliphatic rings. The van der Waals surface area contributed by atoms with Gasteiger partial charge in [0.15, 0.2) is 5.75 Å². The van der Waals surface area contributed by atoms with Crippen molar-refractivity contribution in [2.45, 2.75) is 12.8 Å². The fraction of sp³-hybridized carbons (Fsp3) is 0.333. The average Bonchev–Trinajstić information content (AvgIpc) is 2.19. The molecule has 1 atom stereocenters. The van der Waals surface area contributed by atoms with Crippen molar-refractivity contribution in [3.05, 3.63) is 33.6 Å². The molecule has 1 aromatic rings. The number of aromatic hydroxyl groups is 1. The number of phenolic OH excluding ortho intramolecular Hbond substituents is 1. The van der Waals surface area contributed by atoms with Crippen molar-refractivity contribution in [2.24, 2.45) is 0 Å². The van der Waals surface area contributed by atoms with E-state index in [4.69, 9.17) is 5.11 Å². The second-order valence-corrected chi connectivity index (χ2v) is 3.20. The molecule has 15 heavy (non-hydrogen) atoms. The molecule has 82 valence electrons. The molecule has 1 rings (SSSR count). The molecule has 0 saturated carbocycles. The van der Waals surface area contributed by atoms with Crippen molar-refractivity contribution < 1.29 is 19.5 Å². The van der Waals surface area contributed by atoms with Crippen LogP contribution in [-0.4, -0.2) is 21.7 Å². The molecule has 0 bridgehead atoms. The molecule has 0 amide bonds. The van der Waals surface area contributed by atoms with Crippen LogP contribution in [0.2, 0.25) is 0 Å². The van der Waals surface area contributed by atoms with Crippen molar-refractivity contribution in [3.63, 3.8) is 0 Å². The summed E-state index contributed by atoms with van der Waals surface area (Å²) in [5.74, 6) is -1.96. The number of hydrogen-bond acceptors (Lipinski definition) is 4. The van der Waals surface area contributed by atoms with Gasteiger partial charge in [-0.2, -0.15) is 0 Å². The van der Waals surface area contributed by atoms with Crippen LogP contribution in [0.5, 0.6) is 5.75 Å². The Morgan fingerprint density at radius 2 is 2.20 bits per heavy atom. The summed E-state index contributed by atoms with van der Waals surface area (Å²) in [5.41, 5.74) is -0.658. The highest BCUT2D eigenvalue weighted by Gasteiger charge is 2.21. The van der Waals surface area contributed by atoms with Crippen LogP contribution in [0.3, 0.4) is 0 Å². The number of rotatable bonds is 3. The highest BCUT2D eigenvalue weighted by molar-refractivity contribution is 5.52. The molecule has 0 aliphatic carbocycles. The maximum atomic E-state index is 13.0. The smallest absolute Gasteiger partial charge is 0.313 e. The summed E-state index contributed by atoms with van der Waals surface area (Å²) in [6.45, 7) is 1.20. The highest BCUT2D eigenvalue weighted by atomic mass is 19.1. The zero-order valence-electron chi connectivity index (χ0n) is 7.98. The van der Waals surface area contributed by atoms with Gasteiger partial charge in [-0.25, -0.2) is 4.39 Å². The molecule has 2 N–H and O–H groups in total. The molecule has 0 heterocycles. The number of halogens is 1. The summed E-state index contributed by atoms with van der Waals surface area (Å²) in [7, 11) is 0. The summed E-state index contributed by atoms with van der Waals surface area (Å²) in [5, 5.41) is 28.7. The van der Waals surface area contributed by atoms with Gasteiger partial charge in [-0.15, -0.1) is 0 Å². The zero-order valence-corrected chi connectivity index (χ0v) is 7.98. The monoisotopic (exact) mass is 215 g/mol. The summed E-state index contributed by atoms with van der Waals surface area (Å²) in [4.78, 5) is 9.58. The van der Waals surface area contributed by atoms with Gasteiger partial charge < -0.3 is 10.2 Å². The van der Waals surface area contributed by atoms with Gasteiger partial charge in [0.2, 0.25) is 0 Å². The van der Waals surface area contributed by atoms with E-state index in [9.17, 15) is 19.6 Å².